The molecule has 144 valence electrons. The van der Waals surface area contributed by atoms with Gasteiger partial charge in [0.05, 0.1) is 0 Å². The van der Waals surface area contributed by atoms with Crippen molar-refractivity contribution >= 4 is 11.6 Å². The zero-order valence-electron chi connectivity index (χ0n) is 16.3. The summed E-state index contributed by atoms with van der Waals surface area (Å²) in [6, 6.07) is 17.5. The molecule has 1 saturated heterocycles. The van der Waals surface area contributed by atoms with Gasteiger partial charge < -0.3 is 19.7 Å². The fourth-order valence-corrected chi connectivity index (χ4v) is 3.48. The molecule has 1 aliphatic rings. The minimum atomic E-state index is -0.118. The molecule has 0 bridgehead atoms. The Morgan fingerprint density at radius 3 is 2.37 bits per heavy atom. The van der Waals surface area contributed by atoms with E-state index in [9.17, 15) is 4.79 Å². The Morgan fingerprint density at radius 2 is 1.74 bits per heavy atom. The highest BCUT2D eigenvalue weighted by Gasteiger charge is 2.32. The van der Waals surface area contributed by atoms with Crippen molar-refractivity contribution in [1.82, 2.24) is 0 Å². The number of carbonyl (C=O) groups is 1. The Bertz CT molecular complexity index is 723. The number of benzene rings is 2. The summed E-state index contributed by atoms with van der Waals surface area (Å²) < 4.78 is 11.6. The van der Waals surface area contributed by atoms with Gasteiger partial charge in [-0.15, -0.1) is 0 Å². The van der Waals surface area contributed by atoms with Gasteiger partial charge >= 0.3 is 0 Å². The van der Waals surface area contributed by atoms with Crippen LogP contribution < -0.4 is 15.0 Å². The summed E-state index contributed by atoms with van der Waals surface area (Å²) >= 11 is 0. The molecule has 0 saturated carbocycles. The number of quaternary nitrogens is 1. The molecule has 0 aliphatic carbocycles. The molecule has 5 heteroatoms. The average Bonchev–Trinajstić information content (AvgIpc) is 2.67. The molecule has 2 N–H and O–H groups in total. The summed E-state index contributed by atoms with van der Waals surface area (Å²) in [6.07, 6.45) is 0.361. The molecular formula is C22H29N2O3+. The summed E-state index contributed by atoms with van der Waals surface area (Å²) in [6.45, 7) is 8.34. The minimum absolute atomic E-state index is 0.0317. The molecule has 3 rings (SSSR count). The van der Waals surface area contributed by atoms with Crippen molar-refractivity contribution in [3.8, 4) is 5.75 Å². The smallest absolute Gasteiger partial charge is 0.282 e. The number of hydrogen-bond donors (Lipinski definition) is 2. The Kier molecular flexibility index (Phi) is 6.48. The summed E-state index contributed by atoms with van der Waals surface area (Å²) in [4.78, 5) is 13.9. The van der Waals surface area contributed by atoms with Crippen LogP contribution in [-0.4, -0.2) is 37.2 Å². The van der Waals surface area contributed by atoms with Crippen molar-refractivity contribution in [2.75, 3.05) is 18.4 Å². The van der Waals surface area contributed by atoms with Gasteiger partial charge in [0, 0.05) is 5.69 Å². The molecule has 27 heavy (non-hydrogen) atoms. The van der Waals surface area contributed by atoms with E-state index in [4.69, 9.17) is 9.47 Å². The van der Waals surface area contributed by atoms with E-state index in [0.717, 1.165) is 30.1 Å². The number of morpholine rings is 1. The second kappa shape index (κ2) is 9.02. The van der Waals surface area contributed by atoms with Crippen LogP contribution in [0.3, 0.4) is 0 Å². The highest BCUT2D eigenvalue weighted by atomic mass is 16.5. The quantitative estimate of drug-likeness (QED) is 0.821. The van der Waals surface area contributed by atoms with Gasteiger partial charge in [-0.3, -0.25) is 4.79 Å². The van der Waals surface area contributed by atoms with Gasteiger partial charge in [-0.2, -0.15) is 0 Å². The molecule has 1 heterocycles. The molecule has 2 aromatic rings. The average molecular weight is 369 g/mol. The number of nitrogens with one attached hydrogen (secondary N) is 2. The van der Waals surface area contributed by atoms with E-state index in [1.807, 2.05) is 61.5 Å². The summed E-state index contributed by atoms with van der Waals surface area (Å²) in [5, 5.41) is 3.01. The number of hydrogen-bond acceptors (Lipinski definition) is 3. The maximum Gasteiger partial charge on any atom is 0.282 e. The highest BCUT2D eigenvalue weighted by Crippen LogP contribution is 2.17. The maximum absolute atomic E-state index is 12.6. The lowest BCUT2D eigenvalue weighted by Gasteiger charge is -2.35. The van der Waals surface area contributed by atoms with Crippen LogP contribution >= 0.6 is 0 Å². The number of anilines is 1. The zero-order valence-corrected chi connectivity index (χ0v) is 16.3. The largest absolute Gasteiger partial charge is 0.489 e. The fourth-order valence-electron chi connectivity index (χ4n) is 3.48. The standard InChI is InChI=1S/C22H28N2O3/c1-16-13-24(14-17(2)27-16)18(3)22(25)23-20-9-11-21(12-10-20)26-15-19-7-5-4-6-8-19/h4-12,16-18H,13-15H2,1-3H3,(H,23,25)/p+1/t16-,17-,18+/m1/s1. The molecule has 1 amide bonds. The van der Waals surface area contributed by atoms with Gasteiger partial charge in [-0.25, -0.2) is 0 Å². The third-order valence-corrected chi connectivity index (χ3v) is 4.94. The van der Waals surface area contributed by atoms with Crippen LogP contribution in [0.1, 0.15) is 26.3 Å². The van der Waals surface area contributed by atoms with Crippen LogP contribution in [-0.2, 0) is 16.1 Å². The lowest BCUT2D eigenvalue weighted by Crippen LogP contribution is -3.19. The Balaban J connectivity index is 1.52. The normalized spacial score (nSPS) is 23.4. The van der Waals surface area contributed by atoms with Crippen LogP contribution in [0.5, 0.6) is 5.75 Å². The monoisotopic (exact) mass is 369 g/mol. The van der Waals surface area contributed by atoms with E-state index in [-0.39, 0.29) is 24.2 Å². The SMILES string of the molecule is C[C@@H]1C[NH+]([C@@H](C)C(=O)Nc2ccc(OCc3ccccc3)cc2)C[C@@H](C)O1. The second-order valence-corrected chi connectivity index (χ2v) is 7.33. The van der Waals surface area contributed by atoms with Crippen molar-refractivity contribution in [3.05, 3.63) is 60.2 Å². The van der Waals surface area contributed by atoms with E-state index in [1.54, 1.807) is 0 Å². The number of amides is 1. The Morgan fingerprint density at radius 1 is 1.11 bits per heavy atom. The van der Waals surface area contributed by atoms with Crippen molar-refractivity contribution in [3.63, 3.8) is 0 Å². The van der Waals surface area contributed by atoms with Crippen LogP contribution in [0.4, 0.5) is 5.69 Å². The van der Waals surface area contributed by atoms with Gasteiger partial charge in [0.2, 0.25) is 0 Å². The Hall–Kier alpha value is -2.37. The van der Waals surface area contributed by atoms with E-state index < -0.39 is 0 Å². The van der Waals surface area contributed by atoms with Gasteiger partial charge in [0.15, 0.2) is 6.04 Å². The molecular weight excluding hydrogens is 340 g/mol. The molecule has 0 radical (unpaired) electrons. The van der Waals surface area contributed by atoms with Gasteiger partial charge in [-0.1, -0.05) is 30.3 Å². The zero-order chi connectivity index (χ0) is 19.2. The van der Waals surface area contributed by atoms with Gasteiger partial charge in [0.25, 0.3) is 5.91 Å². The van der Waals surface area contributed by atoms with Crippen molar-refractivity contribution in [1.29, 1.82) is 0 Å². The van der Waals surface area contributed by atoms with Gasteiger partial charge in [0.1, 0.15) is 37.7 Å². The third-order valence-electron chi connectivity index (χ3n) is 4.94. The summed E-state index contributed by atoms with van der Waals surface area (Å²) in [5.74, 6) is 0.815. The van der Waals surface area contributed by atoms with Crippen molar-refractivity contribution < 1.29 is 19.2 Å². The molecule has 3 atom stereocenters. The minimum Gasteiger partial charge on any atom is -0.489 e. The number of rotatable bonds is 6. The summed E-state index contributed by atoms with van der Waals surface area (Å²) in [7, 11) is 0. The van der Waals surface area contributed by atoms with E-state index >= 15 is 0 Å². The molecule has 1 fully saturated rings. The lowest BCUT2D eigenvalue weighted by atomic mass is 10.1. The highest BCUT2D eigenvalue weighted by molar-refractivity contribution is 5.93. The first-order chi connectivity index (χ1) is 13.0. The van der Waals surface area contributed by atoms with E-state index in [1.165, 1.54) is 4.90 Å². The second-order valence-electron chi connectivity index (χ2n) is 7.33. The van der Waals surface area contributed by atoms with Crippen LogP contribution in [0, 0.1) is 0 Å². The molecule has 5 nitrogen and oxygen atoms in total. The fraction of sp³-hybridized carbons (Fsp3) is 0.409. The van der Waals surface area contributed by atoms with Crippen LogP contribution in [0.15, 0.2) is 54.6 Å². The third kappa shape index (κ3) is 5.55. The molecule has 0 unspecified atom stereocenters. The molecule has 2 aromatic carbocycles. The van der Waals surface area contributed by atoms with E-state index in [0.29, 0.717) is 6.61 Å². The topological polar surface area (TPSA) is 52.0 Å². The molecule has 0 spiro atoms. The predicted molar refractivity (Wildman–Crippen MR) is 106 cm³/mol. The van der Waals surface area contributed by atoms with Crippen molar-refractivity contribution in [2.24, 2.45) is 0 Å². The van der Waals surface area contributed by atoms with Crippen LogP contribution in [0.2, 0.25) is 0 Å². The first kappa shape index (κ1) is 19.4. The number of carbonyl (C=O) groups excluding carboxylic acids is 1. The lowest BCUT2D eigenvalue weighted by molar-refractivity contribution is -0.928. The first-order valence-corrected chi connectivity index (χ1v) is 9.59. The molecule has 0 aromatic heterocycles. The number of ether oxygens (including phenoxy) is 2. The summed E-state index contributed by atoms with van der Waals surface area (Å²) in [5.41, 5.74) is 1.91. The van der Waals surface area contributed by atoms with Gasteiger partial charge in [-0.05, 0) is 50.6 Å². The van der Waals surface area contributed by atoms with Crippen molar-refractivity contribution in [2.45, 2.75) is 45.6 Å². The first-order valence-electron chi connectivity index (χ1n) is 9.59. The van der Waals surface area contributed by atoms with Crippen LogP contribution in [0.25, 0.3) is 0 Å². The maximum atomic E-state index is 12.6. The Labute approximate surface area is 161 Å². The van der Waals surface area contributed by atoms with E-state index in [2.05, 4.69) is 19.2 Å². The molecule has 1 aliphatic heterocycles. The predicted octanol–water partition coefficient (Wildman–Crippen LogP) is 2.28.